The van der Waals surface area contributed by atoms with E-state index in [4.69, 9.17) is 9.47 Å². The van der Waals surface area contributed by atoms with Crippen LogP contribution in [0.25, 0.3) is 11.3 Å². The molecule has 142 valence electrons. The summed E-state index contributed by atoms with van der Waals surface area (Å²) in [4.78, 5) is 4.58. The molecule has 0 unspecified atom stereocenters. The number of methoxy groups -OCH3 is 1. The Morgan fingerprint density at radius 2 is 2.14 bits per heavy atom. The molecule has 28 heavy (non-hydrogen) atoms. The van der Waals surface area contributed by atoms with Crippen LogP contribution in [0.5, 0.6) is 11.6 Å². The monoisotopic (exact) mass is 456 g/mol. The highest BCUT2D eigenvalue weighted by Gasteiger charge is 2.26. The molecule has 0 amide bonds. The van der Waals surface area contributed by atoms with E-state index >= 15 is 0 Å². The number of anilines is 1. The van der Waals surface area contributed by atoms with Gasteiger partial charge in [0.15, 0.2) is 11.9 Å². The normalized spacial score (nSPS) is 14.7. The molecule has 0 radical (unpaired) electrons. The van der Waals surface area contributed by atoms with Gasteiger partial charge in [-0.15, -0.1) is 16.8 Å². The fraction of sp³-hybridized carbons (Fsp3) is 0.150. The highest BCUT2D eigenvalue weighted by atomic mass is 79.9. The second kappa shape index (κ2) is 8.20. The lowest BCUT2D eigenvalue weighted by molar-refractivity contribution is 0.225. The van der Waals surface area contributed by atoms with Gasteiger partial charge in [0, 0.05) is 22.6 Å². The van der Waals surface area contributed by atoms with Gasteiger partial charge in [-0.2, -0.15) is 4.98 Å². The quantitative estimate of drug-likeness (QED) is 0.423. The number of hydrogen-bond acceptors (Lipinski definition) is 7. The van der Waals surface area contributed by atoms with Gasteiger partial charge in [0.25, 0.3) is 0 Å². The van der Waals surface area contributed by atoms with Gasteiger partial charge in [-0.1, -0.05) is 36.0 Å². The van der Waals surface area contributed by atoms with E-state index in [-0.39, 0.29) is 0 Å². The van der Waals surface area contributed by atoms with Crippen LogP contribution in [0.2, 0.25) is 0 Å². The lowest BCUT2D eigenvalue weighted by Crippen LogP contribution is -2.17. The molecule has 1 aliphatic rings. The van der Waals surface area contributed by atoms with Crippen molar-refractivity contribution in [3.8, 4) is 22.9 Å². The number of nitrogens with zero attached hydrogens (tertiary/aromatic N) is 3. The predicted octanol–water partition coefficient (Wildman–Crippen LogP) is 5.09. The van der Waals surface area contributed by atoms with Crippen molar-refractivity contribution in [2.45, 2.75) is 11.4 Å². The molecule has 1 N–H and O–H groups in total. The average Bonchev–Trinajstić information content (AvgIpc) is 2.88. The second-order valence-electron chi connectivity index (χ2n) is 5.93. The SMILES string of the molecule is C=CCSc1nnc2c(n1)O[C@H](c1ccc(OC)c(Br)c1)Nc1ccccc1-2. The summed E-state index contributed by atoms with van der Waals surface area (Å²) in [6.07, 6.45) is 1.35. The third kappa shape index (κ3) is 3.70. The molecular formula is C20H17BrN4O2S. The first-order chi connectivity index (χ1) is 13.7. The van der Waals surface area contributed by atoms with E-state index in [1.807, 2.05) is 42.5 Å². The van der Waals surface area contributed by atoms with Crippen molar-refractivity contribution in [3.63, 3.8) is 0 Å². The van der Waals surface area contributed by atoms with Gasteiger partial charge in [0.1, 0.15) is 5.75 Å². The Kier molecular flexibility index (Phi) is 5.50. The van der Waals surface area contributed by atoms with Gasteiger partial charge in [-0.3, -0.25) is 0 Å². The zero-order valence-corrected chi connectivity index (χ0v) is 17.5. The summed E-state index contributed by atoms with van der Waals surface area (Å²) in [6, 6.07) is 13.7. The Labute approximate surface area is 175 Å². The minimum absolute atomic E-state index is 0.441. The first kappa shape index (κ1) is 18.8. The minimum atomic E-state index is -0.446. The molecule has 2 heterocycles. The van der Waals surface area contributed by atoms with E-state index in [2.05, 4.69) is 43.0 Å². The number of benzene rings is 2. The number of ether oxygens (including phenoxy) is 2. The Hall–Kier alpha value is -2.58. The molecule has 0 bridgehead atoms. The maximum atomic E-state index is 6.25. The fourth-order valence-corrected chi connectivity index (χ4v) is 3.91. The Morgan fingerprint density at radius 3 is 2.93 bits per heavy atom. The van der Waals surface area contributed by atoms with Crippen LogP contribution in [0.4, 0.5) is 5.69 Å². The Balaban J connectivity index is 1.78. The van der Waals surface area contributed by atoms with Gasteiger partial charge in [0.2, 0.25) is 11.0 Å². The van der Waals surface area contributed by atoms with E-state index in [0.717, 1.165) is 27.0 Å². The second-order valence-corrected chi connectivity index (χ2v) is 7.77. The Bertz CT molecular complexity index is 1030. The van der Waals surface area contributed by atoms with E-state index < -0.39 is 6.23 Å². The number of para-hydroxylation sites is 1. The molecule has 0 fully saturated rings. The van der Waals surface area contributed by atoms with Gasteiger partial charge in [-0.25, -0.2) is 0 Å². The highest BCUT2D eigenvalue weighted by molar-refractivity contribution is 9.10. The summed E-state index contributed by atoms with van der Waals surface area (Å²) in [5.74, 6) is 1.89. The van der Waals surface area contributed by atoms with Crippen LogP contribution < -0.4 is 14.8 Å². The summed E-state index contributed by atoms with van der Waals surface area (Å²) in [6.45, 7) is 3.73. The smallest absolute Gasteiger partial charge is 0.247 e. The zero-order valence-electron chi connectivity index (χ0n) is 15.1. The number of thioether (sulfide) groups is 1. The number of halogens is 1. The number of fused-ring (bicyclic) bond motifs is 3. The van der Waals surface area contributed by atoms with Crippen molar-refractivity contribution < 1.29 is 9.47 Å². The van der Waals surface area contributed by atoms with Crippen molar-refractivity contribution in [2.24, 2.45) is 0 Å². The van der Waals surface area contributed by atoms with Crippen molar-refractivity contribution in [1.29, 1.82) is 0 Å². The maximum Gasteiger partial charge on any atom is 0.247 e. The number of aromatic nitrogens is 3. The summed E-state index contributed by atoms with van der Waals surface area (Å²) >= 11 is 5.00. The standard InChI is InChI=1S/C20H17BrN4O2S/c1-3-10-28-20-23-19-17(24-25-20)13-6-4-5-7-15(13)22-18(27-19)12-8-9-16(26-2)14(21)11-12/h3-9,11,18,22H,1,10H2,2H3/t18-/m1/s1. The lowest BCUT2D eigenvalue weighted by Gasteiger charge is -2.20. The van der Waals surface area contributed by atoms with Crippen molar-refractivity contribution in [2.75, 3.05) is 18.2 Å². The summed E-state index contributed by atoms with van der Waals surface area (Å²) in [5.41, 5.74) is 3.34. The van der Waals surface area contributed by atoms with Crippen LogP contribution in [0.3, 0.4) is 0 Å². The van der Waals surface area contributed by atoms with E-state index in [0.29, 0.717) is 22.5 Å². The molecule has 3 aromatic rings. The van der Waals surface area contributed by atoms with Gasteiger partial charge >= 0.3 is 0 Å². The molecule has 0 aliphatic carbocycles. The van der Waals surface area contributed by atoms with Crippen LogP contribution in [0.15, 0.2) is 64.7 Å². The van der Waals surface area contributed by atoms with E-state index in [1.54, 1.807) is 13.2 Å². The number of hydrogen-bond donors (Lipinski definition) is 1. The highest BCUT2D eigenvalue weighted by Crippen LogP contribution is 2.40. The van der Waals surface area contributed by atoms with Crippen LogP contribution in [-0.4, -0.2) is 28.0 Å². The number of nitrogens with one attached hydrogen (secondary N) is 1. The zero-order chi connectivity index (χ0) is 19.5. The summed E-state index contributed by atoms with van der Waals surface area (Å²) in [7, 11) is 1.64. The van der Waals surface area contributed by atoms with Crippen LogP contribution >= 0.6 is 27.7 Å². The van der Waals surface area contributed by atoms with Crippen molar-refractivity contribution >= 4 is 33.4 Å². The largest absolute Gasteiger partial charge is 0.496 e. The summed E-state index contributed by atoms with van der Waals surface area (Å²) in [5, 5.41) is 12.6. The van der Waals surface area contributed by atoms with Gasteiger partial charge < -0.3 is 14.8 Å². The van der Waals surface area contributed by atoms with E-state index in [1.165, 1.54) is 11.8 Å². The topological polar surface area (TPSA) is 69.2 Å². The van der Waals surface area contributed by atoms with Gasteiger partial charge in [0.05, 0.1) is 11.6 Å². The molecule has 1 aromatic heterocycles. The molecular weight excluding hydrogens is 440 g/mol. The maximum absolute atomic E-state index is 6.25. The molecule has 0 saturated carbocycles. The predicted molar refractivity (Wildman–Crippen MR) is 114 cm³/mol. The first-order valence-electron chi connectivity index (χ1n) is 8.54. The summed E-state index contributed by atoms with van der Waals surface area (Å²) < 4.78 is 12.4. The molecule has 0 saturated heterocycles. The average molecular weight is 457 g/mol. The van der Waals surface area contributed by atoms with Crippen LogP contribution in [-0.2, 0) is 0 Å². The number of rotatable bonds is 5. The van der Waals surface area contributed by atoms with Crippen molar-refractivity contribution in [1.82, 2.24) is 15.2 Å². The molecule has 1 aliphatic heterocycles. The molecule has 6 nitrogen and oxygen atoms in total. The first-order valence-corrected chi connectivity index (χ1v) is 10.3. The van der Waals surface area contributed by atoms with Crippen LogP contribution in [0.1, 0.15) is 11.8 Å². The molecule has 0 spiro atoms. The third-order valence-electron chi connectivity index (χ3n) is 4.14. The minimum Gasteiger partial charge on any atom is -0.496 e. The molecule has 8 heteroatoms. The van der Waals surface area contributed by atoms with Crippen molar-refractivity contribution in [3.05, 3.63) is 65.2 Å². The third-order valence-corrected chi connectivity index (χ3v) is 5.60. The Morgan fingerprint density at radius 1 is 1.29 bits per heavy atom. The molecule has 2 aromatic carbocycles. The fourth-order valence-electron chi connectivity index (χ4n) is 2.84. The van der Waals surface area contributed by atoms with Crippen LogP contribution in [0, 0.1) is 0 Å². The lowest BCUT2D eigenvalue weighted by atomic mass is 10.1. The molecule has 1 atom stereocenters. The van der Waals surface area contributed by atoms with E-state index in [9.17, 15) is 0 Å². The van der Waals surface area contributed by atoms with Gasteiger partial charge in [-0.05, 0) is 40.2 Å². The molecule has 4 rings (SSSR count).